The topological polar surface area (TPSA) is 0 Å². The quantitative estimate of drug-likeness (QED) is 0.450. The molecule has 0 amide bonds. The first-order valence-corrected chi connectivity index (χ1v) is 11.7. The number of rotatable bonds is 1. The second-order valence-electron chi connectivity index (χ2n) is 11.7. The zero-order valence-electron chi connectivity index (χ0n) is 18.2. The van der Waals surface area contributed by atoms with Gasteiger partial charge in [0.05, 0.1) is 0 Å². The SMILES string of the molecule is CC(C1CC[C@H]2C3CCCC[C@H](C)CCCC3CCC12C)C(C)(C)C. The van der Waals surface area contributed by atoms with Crippen LogP contribution in [0.2, 0.25) is 0 Å². The predicted molar refractivity (Wildman–Crippen MR) is 111 cm³/mol. The first-order valence-electron chi connectivity index (χ1n) is 11.7. The molecule has 0 spiro atoms. The smallest absolute Gasteiger partial charge is 0.0264 e. The molecule has 0 aromatic rings. The molecule has 5 unspecified atom stereocenters. The van der Waals surface area contributed by atoms with Gasteiger partial charge in [0.15, 0.2) is 0 Å². The fraction of sp³-hybridized carbons (Fsp3) is 1.00. The van der Waals surface area contributed by atoms with Gasteiger partial charge in [-0.25, -0.2) is 0 Å². The average molecular weight is 347 g/mol. The van der Waals surface area contributed by atoms with Crippen molar-refractivity contribution < 1.29 is 0 Å². The molecule has 0 aromatic heterocycles. The van der Waals surface area contributed by atoms with Gasteiger partial charge in [-0.3, -0.25) is 0 Å². The van der Waals surface area contributed by atoms with E-state index in [-0.39, 0.29) is 0 Å². The maximum absolute atomic E-state index is 2.72. The lowest BCUT2D eigenvalue weighted by atomic mass is 9.53. The standard InChI is InChI=1S/C25H46/c1-18-10-7-8-13-21-20(12-9-11-18)16-17-25(6)22(14-15-23(21)25)19(2)24(3,4)5/h18-23H,7-17H2,1-6H3/t18-,19?,20?,21?,22?,23-,25?/m0/s1. The van der Waals surface area contributed by atoms with Crippen LogP contribution in [-0.2, 0) is 0 Å². The van der Waals surface area contributed by atoms with Gasteiger partial charge in [0.1, 0.15) is 0 Å². The van der Waals surface area contributed by atoms with E-state index in [2.05, 4.69) is 41.5 Å². The minimum atomic E-state index is 0.464. The lowest BCUT2D eigenvalue weighted by Gasteiger charge is -2.52. The molecule has 3 aliphatic rings. The Balaban J connectivity index is 1.76. The van der Waals surface area contributed by atoms with E-state index in [1.165, 1.54) is 44.9 Å². The van der Waals surface area contributed by atoms with Crippen LogP contribution >= 0.6 is 0 Å². The van der Waals surface area contributed by atoms with E-state index in [0.29, 0.717) is 10.8 Å². The lowest BCUT2D eigenvalue weighted by molar-refractivity contribution is -0.0276. The summed E-state index contributed by atoms with van der Waals surface area (Å²) in [6.07, 6.45) is 16.7. The van der Waals surface area contributed by atoms with Gasteiger partial charge in [-0.1, -0.05) is 80.1 Å². The van der Waals surface area contributed by atoms with E-state index in [1.54, 1.807) is 25.7 Å². The van der Waals surface area contributed by atoms with E-state index in [9.17, 15) is 0 Å². The lowest BCUT2D eigenvalue weighted by Crippen LogP contribution is -2.44. The van der Waals surface area contributed by atoms with Crippen molar-refractivity contribution in [1.82, 2.24) is 0 Å². The molecular formula is C25H46. The van der Waals surface area contributed by atoms with Crippen molar-refractivity contribution in [3.8, 4) is 0 Å². The Hall–Kier alpha value is 0. The predicted octanol–water partition coefficient (Wildman–Crippen LogP) is 8.11. The van der Waals surface area contributed by atoms with Crippen LogP contribution in [0.4, 0.5) is 0 Å². The summed E-state index contributed by atoms with van der Waals surface area (Å²) in [7, 11) is 0. The van der Waals surface area contributed by atoms with Crippen LogP contribution < -0.4 is 0 Å². The molecule has 3 fully saturated rings. The maximum atomic E-state index is 2.72. The van der Waals surface area contributed by atoms with Crippen molar-refractivity contribution in [2.75, 3.05) is 0 Å². The largest absolute Gasteiger partial charge is 0.0625 e. The summed E-state index contributed by atoms with van der Waals surface area (Å²) in [4.78, 5) is 0. The summed E-state index contributed by atoms with van der Waals surface area (Å²) in [6, 6.07) is 0. The Morgan fingerprint density at radius 3 is 2.24 bits per heavy atom. The van der Waals surface area contributed by atoms with E-state index in [4.69, 9.17) is 0 Å². The Morgan fingerprint density at radius 1 is 0.840 bits per heavy atom. The third-order valence-electron chi connectivity index (χ3n) is 9.38. The maximum Gasteiger partial charge on any atom is -0.0264 e. The van der Waals surface area contributed by atoms with E-state index < -0.39 is 0 Å². The van der Waals surface area contributed by atoms with Crippen LogP contribution in [0.1, 0.15) is 112 Å². The fourth-order valence-corrected chi connectivity index (χ4v) is 7.37. The molecule has 3 aliphatic carbocycles. The van der Waals surface area contributed by atoms with Crippen molar-refractivity contribution in [2.24, 2.45) is 46.3 Å². The zero-order valence-corrected chi connectivity index (χ0v) is 18.2. The molecule has 0 radical (unpaired) electrons. The van der Waals surface area contributed by atoms with Crippen molar-refractivity contribution in [1.29, 1.82) is 0 Å². The van der Waals surface area contributed by atoms with Crippen LogP contribution in [0.3, 0.4) is 0 Å². The molecule has 0 aromatic carbocycles. The first-order chi connectivity index (χ1) is 11.7. The fourth-order valence-electron chi connectivity index (χ4n) is 7.37. The highest BCUT2D eigenvalue weighted by atomic mass is 14.6. The monoisotopic (exact) mass is 346 g/mol. The molecule has 7 atom stereocenters. The summed E-state index contributed by atoms with van der Waals surface area (Å²) < 4.78 is 0. The molecule has 0 aliphatic heterocycles. The molecule has 146 valence electrons. The van der Waals surface area contributed by atoms with Gasteiger partial charge >= 0.3 is 0 Å². The average Bonchev–Trinajstić information content (AvgIpc) is 2.88. The molecule has 0 N–H and O–H groups in total. The first kappa shape index (κ1) is 19.8. The summed E-state index contributed by atoms with van der Waals surface area (Å²) in [5.74, 6) is 5.97. The molecule has 3 saturated carbocycles. The van der Waals surface area contributed by atoms with E-state index in [0.717, 1.165) is 35.5 Å². The summed E-state index contributed by atoms with van der Waals surface area (Å²) in [5, 5.41) is 0. The van der Waals surface area contributed by atoms with Gasteiger partial charge in [0.2, 0.25) is 0 Å². The van der Waals surface area contributed by atoms with Crippen LogP contribution in [0.5, 0.6) is 0 Å². The van der Waals surface area contributed by atoms with Gasteiger partial charge in [-0.2, -0.15) is 0 Å². The molecule has 0 bridgehead atoms. The minimum Gasteiger partial charge on any atom is -0.0625 e. The third-order valence-corrected chi connectivity index (χ3v) is 9.38. The highest BCUT2D eigenvalue weighted by molar-refractivity contribution is 5.04. The van der Waals surface area contributed by atoms with Gasteiger partial charge in [0, 0.05) is 0 Å². The van der Waals surface area contributed by atoms with Gasteiger partial charge in [-0.15, -0.1) is 0 Å². The van der Waals surface area contributed by atoms with E-state index >= 15 is 0 Å². The Morgan fingerprint density at radius 2 is 1.52 bits per heavy atom. The van der Waals surface area contributed by atoms with Crippen LogP contribution in [0.15, 0.2) is 0 Å². The van der Waals surface area contributed by atoms with Crippen molar-refractivity contribution in [3.63, 3.8) is 0 Å². The number of fused-ring (bicyclic) bond motifs is 3. The Bertz CT molecular complexity index is 430. The molecular weight excluding hydrogens is 300 g/mol. The number of hydrogen-bond donors (Lipinski definition) is 0. The summed E-state index contributed by atoms with van der Waals surface area (Å²) >= 11 is 0. The summed E-state index contributed by atoms with van der Waals surface area (Å²) in [6.45, 7) is 15.2. The zero-order chi connectivity index (χ0) is 18.2. The molecule has 0 nitrogen and oxygen atoms in total. The highest BCUT2D eigenvalue weighted by Crippen LogP contribution is 2.63. The molecule has 25 heavy (non-hydrogen) atoms. The Kier molecular flexibility index (Phi) is 5.97. The van der Waals surface area contributed by atoms with Crippen LogP contribution in [0, 0.1) is 46.3 Å². The van der Waals surface area contributed by atoms with Crippen LogP contribution in [0.25, 0.3) is 0 Å². The van der Waals surface area contributed by atoms with Crippen molar-refractivity contribution in [3.05, 3.63) is 0 Å². The Labute approximate surface area is 158 Å². The molecule has 0 saturated heterocycles. The van der Waals surface area contributed by atoms with E-state index in [1.807, 2.05) is 0 Å². The second kappa shape index (κ2) is 7.55. The van der Waals surface area contributed by atoms with Crippen LogP contribution in [-0.4, -0.2) is 0 Å². The van der Waals surface area contributed by atoms with Gasteiger partial charge < -0.3 is 0 Å². The van der Waals surface area contributed by atoms with Crippen molar-refractivity contribution in [2.45, 2.75) is 112 Å². The van der Waals surface area contributed by atoms with Gasteiger partial charge in [0.25, 0.3) is 0 Å². The highest BCUT2D eigenvalue weighted by Gasteiger charge is 2.55. The minimum absolute atomic E-state index is 0.464. The molecule has 0 heteroatoms. The molecule has 0 heterocycles. The third kappa shape index (κ3) is 3.98. The number of hydrogen-bond acceptors (Lipinski definition) is 0. The summed E-state index contributed by atoms with van der Waals surface area (Å²) in [5.41, 5.74) is 1.11. The normalized spacial score (nSPS) is 44.6. The molecule has 3 rings (SSSR count). The van der Waals surface area contributed by atoms with Gasteiger partial charge in [-0.05, 0) is 78.4 Å². The second-order valence-corrected chi connectivity index (χ2v) is 11.7. The van der Waals surface area contributed by atoms with Crippen molar-refractivity contribution >= 4 is 0 Å².